The van der Waals surface area contributed by atoms with Crippen LogP contribution in [0, 0.1) is 0 Å². The van der Waals surface area contributed by atoms with Crippen LogP contribution in [0.3, 0.4) is 0 Å². The lowest BCUT2D eigenvalue weighted by molar-refractivity contribution is 0.0948. The van der Waals surface area contributed by atoms with Crippen molar-refractivity contribution in [1.82, 2.24) is 25.3 Å². The Labute approximate surface area is 99.4 Å². The average molecular weight is 242 g/mol. The third kappa shape index (κ3) is 4.47. The highest BCUT2D eigenvalue weighted by atomic mass is 16.3. The molecule has 4 N–H and O–H groups in total. The fraction of sp³-hybridized carbons (Fsp3) is 0.667. The molecular formula is C9H18N6O2. The van der Waals surface area contributed by atoms with Crippen LogP contribution in [0.4, 0.5) is 0 Å². The van der Waals surface area contributed by atoms with Crippen LogP contribution in [0.2, 0.25) is 0 Å². The first-order chi connectivity index (χ1) is 8.02. The van der Waals surface area contributed by atoms with Crippen molar-refractivity contribution in [2.24, 2.45) is 5.84 Å². The molecule has 0 fully saturated rings. The number of rotatable bonds is 6. The number of nitrogen functional groups attached to an aromatic ring is 1. The number of nitrogens with one attached hydrogen (secondary N) is 1. The van der Waals surface area contributed by atoms with E-state index in [0.717, 1.165) is 0 Å². The molecule has 0 saturated carbocycles. The van der Waals surface area contributed by atoms with E-state index in [1.54, 1.807) is 11.6 Å². The van der Waals surface area contributed by atoms with Crippen LogP contribution < -0.4 is 11.3 Å². The van der Waals surface area contributed by atoms with Crippen LogP contribution in [0.1, 0.15) is 17.4 Å². The van der Waals surface area contributed by atoms with E-state index in [4.69, 9.17) is 5.84 Å². The number of amides is 1. The van der Waals surface area contributed by atoms with Crippen molar-refractivity contribution in [3.63, 3.8) is 0 Å². The molecule has 0 radical (unpaired) electrons. The summed E-state index contributed by atoms with van der Waals surface area (Å²) in [5.41, 5.74) is 2.17. The summed E-state index contributed by atoms with van der Waals surface area (Å²) in [6, 6.07) is 0. The number of nitrogens with two attached hydrogens (primary N) is 1. The Balaban J connectivity index is 2.42. The highest BCUT2D eigenvalue weighted by molar-refractivity contribution is 5.91. The van der Waals surface area contributed by atoms with Gasteiger partial charge in [-0.15, -0.1) is 5.10 Å². The van der Waals surface area contributed by atoms with Crippen LogP contribution >= 0.6 is 0 Å². The molecule has 0 aliphatic rings. The molecule has 1 aromatic heterocycles. The number of aliphatic hydroxyl groups is 1. The summed E-state index contributed by atoms with van der Waals surface area (Å²) < 4.78 is 1.56. The number of carbonyl (C=O) groups excluding carboxylic acids is 1. The zero-order valence-electron chi connectivity index (χ0n) is 10.00. The minimum Gasteiger partial charge on any atom is -0.392 e. The molecule has 1 amide bonds. The average Bonchev–Trinajstić information content (AvgIpc) is 2.73. The van der Waals surface area contributed by atoms with Crippen LogP contribution in [-0.2, 0) is 6.54 Å². The summed E-state index contributed by atoms with van der Waals surface area (Å²) in [5, 5.41) is 16.7. The quantitative estimate of drug-likeness (QED) is 0.308. The van der Waals surface area contributed by atoms with E-state index in [9.17, 15) is 9.90 Å². The molecule has 1 heterocycles. The molecule has 17 heavy (non-hydrogen) atoms. The van der Waals surface area contributed by atoms with Crippen molar-refractivity contribution in [2.45, 2.75) is 19.6 Å². The molecule has 1 rings (SSSR count). The SMILES string of the molecule is CC(O)CN(C)CCn1cc(C(=O)NN)nn1. The van der Waals surface area contributed by atoms with E-state index >= 15 is 0 Å². The first-order valence-corrected chi connectivity index (χ1v) is 5.30. The van der Waals surface area contributed by atoms with Crippen molar-refractivity contribution in [2.75, 3.05) is 20.1 Å². The van der Waals surface area contributed by atoms with E-state index in [2.05, 4.69) is 10.3 Å². The van der Waals surface area contributed by atoms with E-state index in [1.807, 2.05) is 17.4 Å². The van der Waals surface area contributed by atoms with Crippen LogP contribution in [-0.4, -0.2) is 57.1 Å². The highest BCUT2D eigenvalue weighted by Gasteiger charge is 2.09. The Hall–Kier alpha value is -1.51. The second-order valence-electron chi connectivity index (χ2n) is 3.95. The minimum absolute atomic E-state index is 0.186. The van der Waals surface area contributed by atoms with Crippen molar-refractivity contribution < 1.29 is 9.90 Å². The Morgan fingerprint density at radius 1 is 1.76 bits per heavy atom. The van der Waals surface area contributed by atoms with Gasteiger partial charge in [-0.3, -0.25) is 14.9 Å². The number of hydrogen-bond donors (Lipinski definition) is 3. The summed E-state index contributed by atoms with van der Waals surface area (Å²) in [6.45, 7) is 3.62. The maximum atomic E-state index is 11.1. The maximum Gasteiger partial charge on any atom is 0.287 e. The Kier molecular flexibility index (Phi) is 5.01. The highest BCUT2D eigenvalue weighted by Crippen LogP contribution is 1.94. The molecule has 1 atom stereocenters. The number of likely N-dealkylation sites (N-methyl/N-ethyl adjacent to an activating group) is 1. The van der Waals surface area contributed by atoms with Gasteiger partial charge >= 0.3 is 0 Å². The van der Waals surface area contributed by atoms with Gasteiger partial charge in [0.15, 0.2) is 5.69 Å². The standard InChI is InChI=1S/C9H18N6O2/c1-7(16)5-14(2)3-4-15-6-8(12-13-15)9(17)11-10/h6-7,16H,3-5,10H2,1-2H3,(H,11,17). The molecule has 8 nitrogen and oxygen atoms in total. The van der Waals surface area contributed by atoms with E-state index < -0.39 is 5.91 Å². The van der Waals surface area contributed by atoms with Gasteiger partial charge in [-0.25, -0.2) is 5.84 Å². The molecule has 8 heteroatoms. The van der Waals surface area contributed by atoms with E-state index in [1.165, 1.54) is 6.20 Å². The van der Waals surface area contributed by atoms with E-state index in [0.29, 0.717) is 19.6 Å². The number of hydrazine groups is 1. The van der Waals surface area contributed by atoms with Crippen LogP contribution in [0.15, 0.2) is 6.20 Å². The monoisotopic (exact) mass is 242 g/mol. The lowest BCUT2D eigenvalue weighted by Gasteiger charge is -2.17. The molecule has 1 unspecified atom stereocenters. The normalized spacial score (nSPS) is 12.8. The predicted octanol–water partition coefficient (Wildman–Crippen LogP) is -1.81. The molecule has 96 valence electrons. The number of hydrogen-bond acceptors (Lipinski definition) is 6. The fourth-order valence-corrected chi connectivity index (χ4v) is 1.40. The summed E-state index contributed by atoms with van der Waals surface area (Å²) >= 11 is 0. The molecule has 0 spiro atoms. The Bertz CT molecular complexity index is 364. The van der Waals surface area contributed by atoms with Gasteiger partial charge in [0.25, 0.3) is 5.91 Å². The van der Waals surface area contributed by atoms with Gasteiger partial charge in [0.2, 0.25) is 0 Å². The molecule has 0 aliphatic carbocycles. The van der Waals surface area contributed by atoms with Crippen molar-refractivity contribution in [3.05, 3.63) is 11.9 Å². The van der Waals surface area contributed by atoms with Gasteiger partial charge in [0.1, 0.15) is 0 Å². The molecular weight excluding hydrogens is 224 g/mol. The number of aliphatic hydroxyl groups excluding tert-OH is 1. The molecule has 0 aromatic carbocycles. The van der Waals surface area contributed by atoms with Gasteiger partial charge in [-0.1, -0.05) is 5.21 Å². The van der Waals surface area contributed by atoms with Gasteiger partial charge in [-0.2, -0.15) is 0 Å². The second-order valence-corrected chi connectivity index (χ2v) is 3.95. The smallest absolute Gasteiger partial charge is 0.287 e. The largest absolute Gasteiger partial charge is 0.392 e. The van der Waals surface area contributed by atoms with Crippen LogP contribution in [0.5, 0.6) is 0 Å². The van der Waals surface area contributed by atoms with Gasteiger partial charge in [0, 0.05) is 13.1 Å². The zero-order valence-corrected chi connectivity index (χ0v) is 10.00. The van der Waals surface area contributed by atoms with Crippen LogP contribution in [0.25, 0.3) is 0 Å². The predicted molar refractivity (Wildman–Crippen MR) is 60.9 cm³/mol. The van der Waals surface area contributed by atoms with Gasteiger partial charge in [0.05, 0.1) is 18.8 Å². The van der Waals surface area contributed by atoms with Crippen molar-refractivity contribution in [3.8, 4) is 0 Å². The Morgan fingerprint density at radius 2 is 2.47 bits per heavy atom. The molecule has 1 aromatic rings. The lowest BCUT2D eigenvalue weighted by atomic mass is 10.4. The summed E-state index contributed by atoms with van der Waals surface area (Å²) in [4.78, 5) is 13.1. The minimum atomic E-state index is -0.464. The first kappa shape index (κ1) is 13.6. The summed E-state index contributed by atoms with van der Waals surface area (Å²) in [5.74, 6) is 4.51. The number of carbonyl (C=O) groups is 1. The van der Waals surface area contributed by atoms with Gasteiger partial charge < -0.3 is 10.0 Å². The fourth-order valence-electron chi connectivity index (χ4n) is 1.40. The molecule has 0 bridgehead atoms. The summed E-state index contributed by atoms with van der Waals surface area (Å²) in [7, 11) is 1.90. The first-order valence-electron chi connectivity index (χ1n) is 5.30. The topological polar surface area (TPSA) is 109 Å². The second kappa shape index (κ2) is 6.28. The van der Waals surface area contributed by atoms with E-state index in [-0.39, 0.29) is 11.8 Å². The van der Waals surface area contributed by atoms with Crippen molar-refractivity contribution in [1.29, 1.82) is 0 Å². The number of nitrogens with zero attached hydrogens (tertiary/aromatic N) is 4. The zero-order chi connectivity index (χ0) is 12.8. The van der Waals surface area contributed by atoms with Crippen molar-refractivity contribution >= 4 is 5.91 Å². The molecule has 0 saturated heterocycles. The van der Waals surface area contributed by atoms with Gasteiger partial charge in [-0.05, 0) is 14.0 Å². The summed E-state index contributed by atoms with van der Waals surface area (Å²) in [6.07, 6.45) is 1.16. The maximum absolute atomic E-state index is 11.1. The third-order valence-electron chi connectivity index (χ3n) is 2.19. The Morgan fingerprint density at radius 3 is 3.06 bits per heavy atom. The molecule has 0 aliphatic heterocycles. The third-order valence-corrected chi connectivity index (χ3v) is 2.19. The number of aromatic nitrogens is 3. The lowest BCUT2D eigenvalue weighted by Crippen LogP contribution is -2.30.